The van der Waals surface area contributed by atoms with Crippen LogP contribution in [-0.2, 0) is 4.84 Å². The molecule has 1 atom stereocenters. The number of hydrogen-bond donors (Lipinski definition) is 0. The number of hydrogen-bond acceptors (Lipinski definition) is 5. The SMILES string of the molecule is CN(C)OCC1N=C(c2ccccc2Cl)c2cc(Cl)ccc2-n2cnnc21. The lowest BCUT2D eigenvalue weighted by atomic mass is 10.0. The van der Waals surface area contributed by atoms with Crippen LogP contribution in [0.4, 0.5) is 0 Å². The quantitative estimate of drug-likeness (QED) is 0.620. The van der Waals surface area contributed by atoms with Crippen LogP contribution in [0.15, 0.2) is 53.8 Å². The Morgan fingerprint density at radius 1 is 1.11 bits per heavy atom. The van der Waals surface area contributed by atoms with E-state index in [1.54, 1.807) is 11.4 Å². The zero-order valence-electron chi connectivity index (χ0n) is 14.8. The molecule has 1 aromatic heterocycles. The van der Waals surface area contributed by atoms with E-state index < -0.39 is 0 Å². The molecule has 0 radical (unpaired) electrons. The van der Waals surface area contributed by atoms with Crippen LogP contribution in [0.3, 0.4) is 0 Å². The third-order valence-corrected chi connectivity index (χ3v) is 4.81. The highest BCUT2D eigenvalue weighted by Crippen LogP contribution is 2.33. The minimum absolute atomic E-state index is 0.321. The van der Waals surface area contributed by atoms with Gasteiger partial charge in [-0.25, -0.2) is 0 Å². The van der Waals surface area contributed by atoms with Crippen molar-refractivity contribution in [3.05, 3.63) is 75.8 Å². The Hall–Kier alpha value is -2.25. The predicted molar refractivity (Wildman–Crippen MR) is 106 cm³/mol. The molecule has 27 heavy (non-hydrogen) atoms. The Kier molecular flexibility index (Phi) is 4.97. The number of benzene rings is 2. The Labute approximate surface area is 167 Å². The van der Waals surface area contributed by atoms with Crippen LogP contribution in [0.5, 0.6) is 0 Å². The lowest BCUT2D eigenvalue weighted by molar-refractivity contribution is -0.124. The topological polar surface area (TPSA) is 55.5 Å². The monoisotopic (exact) mass is 401 g/mol. The predicted octanol–water partition coefficient (Wildman–Crippen LogP) is 3.96. The van der Waals surface area contributed by atoms with Gasteiger partial charge < -0.3 is 0 Å². The molecule has 3 aromatic rings. The Balaban J connectivity index is 1.95. The molecular formula is C19H17Cl2N5O. The average Bonchev–Trinajstić information content (AvgIpc) is 3.08. The van der Waals surface area contributed by atoms with Crippen LogP contribution in [-0.4, -0.2) is 46.2 Å². The van der Waals surface area contributed by atoms with Gasteiger partial charge in [0.25, 0.3) is 0 Å². The highest BCUT2D eigenvalue weighted by molar-refractivity contribution is 6.36. The summed E-state index contributed by atoms with van der Waals surface area (Å²) in [5, 5.41) is 11.2. The zero-order chi connectivity index (χ0) is 19.0. The second-order valence-electron chi connectivity index (χ2n) is 6.30. The van der Waals surface area contributed by atoms with E-state index in [0.717, 1.165) is 22.5 Å². The molecule has 1 unspecified atom stereocenters. The van der Waals surface area contributed by atoms with Gasteiger partial charge in [-0.05, 0) is 24.3 Å². The van der Waals surface area contributed by atoms with Crippen molar-refractivity contribution in [2.24, 2.45) is 4.99 Å². The van der Waals surface area contributed by atoms with Crippen molar-refractivity contribution in [3.8, 4) is 5.69 Å². The first kappa shape index (κ1) is 18.1. The van der Waals surface area contributed by atoms with Crippen molar-refractivity contribution in [2.45, 2.75) is 6.04 Å². The minimum Gasteiger partial charge on any atom is -0.297 e. The van der Waals surface area contributed by atoms with E-state index in [-0.39, 0.29) is 6.04 Å². The fourth-order valence-electron chi connectivity index (χ4n) is 3.05. The first-order valence-electron chi connectivity index (χ1n) is 8.37. The molecule has 0 saturated heterocycles. The number of fused-ring (bicyclic) bond motifs is 3. The van der Waals surface area contributed by atoms with Crippen LogP contribution in [0.2, 0.25) is 10.0 Å². The summed E-state index contributed by atoms with van der Waals surface area (Å²) in [6, 6.07) is 12.9. The maximum atomic E-state index is 6.49. The summed E-state index contributed by atoms with van der Waals surface area (Å²) < 4.78 is 1.92. The highest BCUT2D eigenvalue weighted by atomic mass is 35.5. The number of halogens is 2. The summed E-state index contributed by atoms with van der Waals surface area (Å²) in [5.74, 6) is 0.697. The average molecular weight is 402 g/mol. The van der Waals surface area contributed by atoms with Crippen molar-refractivity contribution in [3.63, 3.8) is 0 Å². The van der Waals surface area contributed by atoms with Gasteiger partial charge in [-0.3, -0.25) is 14.4 Å². The van der Waals surface area contributed by atoms with Crippen molar-refractivity contribution in [1.29, 1.82) is 0 Å². The van der Waals surface area contributed by atoms with Crippen molar-refractivity contribution < 1.29 is 4.84 Å². The van der Waals surface area contributed by atoms with E-state index in [1.165, 1.54) is 0 Å². The van der Waals surface area contributed by atoms with Gasteiger partial charge in [0.1, 0.15) is 12.4 Å². The Morgan fingerprint density at radius 2 is 1.93 bits per heavy atom. The largest absolute Gasteiger partial charge is 0.297 e. The summed E-state index contributed by atoms with van der Waals surface area (Å²) in [7, 11) is 3.66. The summed E-state index contributed by atoms with van der Waals surface area (Å²) >= 11 is 12.8. The van der Waals surface area contributed by atoms with Crippen LogP contribution in [0.1, 0.15) is 23.0 Å². The van der Waals surface area contributed by atoms with E-state index >= 15 is 0 Å². The molecule has 0 amide bonds. The van der Waals surface area contributed by atoms with E-state index in [0.29, 0.717) is 22.5 Å². The molecule has 8 heteroatoms. The molecule has 0 saturated carbocycles. The molecule has 4 rings (SSSR count). The maximum Gasteiger partial charge on any atom is 0.164 e. The van der Waals surface area contributed by atoms with E-state index in [9.17, 15) is 0 Å². The van der Waals surface area contributed by atoms with Gasteiger partial charge in [0, 0.05) is 35.3 Å². The van der Waals surface area contributed by atoms with Gasteiger partial charge >= 0.3 is 0 Å². The Morgan fingerprint density at radius 3 is 2.70 bits per heavy atom. The van der Waals surface area contributed by atoms with Crippen LogP contribution >= 0.6 is 23.2 Å². The molecule has 0 aliphatic carbocycles. The first-order valence-corrected chi connectivity index (χ1v) is 9.13. The first-order chi connectivity index (χ1) is 13.0. The van der Waals surface area contributed by atoms with Crippen molar-refractivity contribution in [2.75, 3.05) is 20.7 Å². The third kappa shape index (κ3) is 3.49. The molecule has 138 valence electrons. The molecule has 1 aliphatic heterocycles. The second-order valence-corrected chi connectivity index (χ2v) is 7.15. The standard InChI is InChI=1S/C19H17Cl2N5O/c1-25(2)27-10-16-19-24-22-11-26(19)17-8-7-12(20)9-14(17)18(23-16)13-5-3-4-6-15(13)21/h3-9,11,16H,10H2,1-2H3. The van der Waals surface area contributed by atoms with Gasteiger partial charge in [0.2, 0.25) is 0 Å². The molecule has 0 fully saturated rings. The molecule has 2 aromatic carbocycles. The molecule has 1 aliphatic rings. The maximum absolute atomic E-state index is 6.49. The molecular weight excluding hydrogens is 385 g/mol. The summed E-state index contributed by atoms with van der Waals surface area (Å²) in [4.78, 5) is 10.7. The van der Waals surface area contributed by atoms with Gasteiger partial charge in [-0.2, -0.15) is 5.06 Å². The van der Waals surface area contributed by atoms with Crippen LogP contribution in [0.25, 0.3) is 5.69 Å². The van der Waals surface area contributed by atoms with Crippen LogP contribution < -0.4 is 0 Å². The molecule has 6 nitrogen and oxygen atoms in total. The lowest BCUT2D eigenvalue weighted by Gasteiger charge is -2.15. The van der Waals surface area contributed by atoms with Gasteiger partial charge in [-0.1, -0.05) is 41.4 Å². The number of rotatable bonds is 4. The summed E-state index contributed by atoms with van der Waals surface area (Å²) in [5.41, 5.74) is 3.33. The smallest absolute Gasteiger partial charge is 0.164 e. The minimum atomic E-state index is -0.354. The number of aliphatic imine (C=N–C) groups is 1. The molecule has 0 N–H and O–H groups in total. The second kappa shape index (κ2) is 7.40. The van der Waals surface area contributed by atoms with Gasteiger partial charge in [0.15, 0.2) is 5.82 Å². The van der Waals surface area contributed by atoms with E-state index in [2.05, 4.69) is 10.2 Å². The zero-order valence-corrected chi connectivity index (χ0v) is 16.3. The van der Waals surface area contributed by atoms with Gasteiger partial charge in [0.05, 0.1) is 18.0 Å². The third-order valence-electron chi connectivity index (χ3n) is 4.25. The Bertz CT molecular complexity index is 1010. The molecule has 2 heterocycles. The number of aromatic nitrogens is 3. The van der Waals surface area contributed by atoms with Crippen LogP contribution in [0, 0.1) is 0 Å². The molecule has 0 spiro atoms. The summed E-state index contributed by atoms with van der Waals surface area (Å²) in [6.07, 6.45) is 1.68. The highest BCUT2D eigenvalue weighted by Gasteiger charge is 2.28. The van der Waals surface area contributed by atoms with E-state index in [1.807, 2.05) is 61.1 Å². The molecule has 0 bridgehead atoms. The van der Waals surface area contributed by atoms with Crippen molar-refractivity contribution >= 4 is 28.9 Å². The lowest BCUT2D eigenvalue weighted by Crippen LogP contribution is -2.19. The van der Waals surface area contributed by atoms with E-state index in [4.69, 9.17) is 33.0 Å². The number of nitrogens with zero attached hydrogens (tertiary/aromatic N) is 5. The number of hydroxylamine groups is 2. The van der Waals surface area contributed by atoms with Crippen molar-refractivity contribution in [1.82, 2.24) is 19.8 Å². The fraction of sp³-hybridized carbons (Fsp3) is 0.211. The normalized spacial score (nSPS) is 15.9. The summed E-state index contributed by atoms with van der Waals surface area (Å²) in [6.45, 7) is 0.321. The fourth-order valence-corrected chi connectivity index (χ4v) is 3.44. The van der Waals surface area contributed by atoms with Gasteiger partial charge in [-0.15, -0.1) is 10.2 Å².